The van der Waals surface area contributed by atoms with E-state index in [-0.39, 0.29) is 5.91 Å². The summed E-state index contributed by atoms with van der Waals surface area (Å²) in [4.78, 5) is 23.7. The molecule has 0 atom stereocenters. The van der Waals surface area contributed by atoms with Gasteiger partial charge in [0.2, 0.25) is 11.8 Å². The van der Waals surface area contributed by atoms with Gasteiger partial charge in [-0.3, -0.25) is 4.79 Å². The summed E-state index contributed by atoms with van der Waals surface area (Å²) in [6, 6.07) is 14.7. The molecule has 0 saturated carbocycles. The van der Waals surface area contributed by atoms with E-state index in [0.29, 0.717) is 35.0 Å². The zero-order valence-electron chi connectivity index (χ0n) is 20.5. The molecule has 3 N–H and O–H groups in total. The van der Waals surface area contributed by atoms with Crippen molar-refractivity contribution in [1.82, 2.24) is 55.8 Å². The predicted molar refractivity (Wildman–Crippen MR) is 137 cm³/mol. The fourth-order valence-electron chi connectivity index (χ4n) is 3.83. The largest absolute Gasteiger partial charge is 0.351 e. The molecule has 5 rings (SSSR count). The van der Waals surface area contributed by atoms with Crippen LogP contribution in [0.2, 0.25) is 0 Å². The number of hydrogen-bond acceptors (Lipinski definition) is 10. The van der Waals surface area contributed by atoms with Crippen molar-refractivity contribution < 1.29 is 4.79 Å². The number of fused-ring (bicyclic) bond motifs is 1. The van der Waals surface area contributed by atoms with Crippen LogP contribution in [-0.2, 0) is 0 Å². The highest BCUT2D eigenvalue weighted by molar-refractivity contribution is 5.94. The number of aromatic nitrogens is 9. The molecule has 5 aromatic rings. The minimum atomic E-state index is -0.102. The highest BCUT2D eigenvalue weighted by atomic mass is 16.1. The molecule has 0 radical (unpaired) electrons. The molecule has 2 aromatic carbocycles. The van der Waals surface area contributed by atoms with Gasteiger partial charge in [-0.1, -0.05) is 31.2 Å². The number of anilines is 2. The Morgan fingerprint density at radius 2 is 1.92 bits per heavy atom. The molecule has 13 heteroatoms. The van der Waals surface area contributed by atoms with Gasteiger partial charge in [-0.2, -0.15) is 14.9 Å². The Hall–Kier alpha value is -4.78. The van der Waals surface area contributed by atoms with Crippen LogP contribution in [0.1, 0.15) is 24.2 Å². The minimum Gasteiger partial charge on any atom is -0.351 e. The molecule has 0 spiro atoms. The van der Waals surface area contributed by atoms with Gasteiger partial charge in [-0.15, -0.1) is 15.3 Å². The van der Waals surface area contributed by atoms with E-state index in [2.05, 4.69) is 70.3 Å². The van der Waals surface area contributed by atoms with Crippen molar-refractivity contribution in [3.8, 4) is 17.1 Å². The monoisotopic (exact) mass is 498 g/mol. The van der Waals surface area contributed by atoms with Crippen LogP contribution in [0.15, 0.2) is 54.7 Å². The summed E-state index contributed by atoms with van der Waals surface area (Å²) >= 11 is 0. The summed E-state index contributed by atoms with van der Waals surface area (Å²) in [7, 11) is 0. The fourth-order valence-corrected chi connectivity index (χ4v) is 3.83. The van der Waals surface area contributed by atoms with Crippen molar-refractivity contribution in [1.29, 1.82) is 0 Å². The molecule has 0 aliphatic heterocycles. The quantitative estimate of drug-likeness (QED) is 0.261. The second kappa shape index (κ2) is 10.9. The Labute approximate surface area is 212 Å². The average Bonchev–Trinajstić information content (AvgIpc) is 3.62. The third-order valence-electron chi connectivity index (χ3n) is 5.90. The Kier molecular flexibility index (Phi) is 7.03. The summed E-state index contributed by atoms with van der Waals surface area (Å²) in [5.41, 5.74) is 3.94. The lowest BCUT2D eigenvalue weighted by atomic mass is 10.2. The Bertz CT molecular complexity index is 1480. The second-order valence-corrected chi connectivity index (χ2v) is 8.17. The van der Waals surface area contributed by atoms with Gasteiger partial charge in [-0.25, -0.2) is 4.98 Å². The normalized spacial score (nSPS) is 11.2. The molecule has 0 saturated heterocycles. The number of carbonyl (C=O) groups excluding carboxylic acids is 1. The van der Waals surface area contributed by atoms with Crippen LogP contribution in [0.5, 0.6) is 0 Å². The number of rotatable bonds is 10. The molecule has 0 aliphatic carbocycles. The lowest BCUT2D eigenvalue weighted by Gasteiger charge is -2.17. The number of amides is 1. The SMILES string of the molecule is CCN(CC)CCNC(=O)c1ccc(Nc2ncc3nnn(-c4cccc(-c5nn[nH]n5)c4)c3n2)cc1. The van der Waals surface area contributed by atoms with Gasteiger partial charge in [0, 0.05) is 29.9 Å². The first-order valence-corrected chi connectivity index (χ1v) is 11.9. The molecule has 0 fully saturated rings. The van der Waals surface area contributed by atoms with Gasteiger partial charge in [0.25, 0.3) is 5.91 Å². The maximum Gasteiger partial charge on any atom is 0.251 e. The maximum absolute atomic E-state index is 12.5. The number of aromatic amines is 1. The molecule has 188 valence electrons. The van der Waals surface area contributed by atoms with Crippen LogP contribution in [0.3, 0.4) is 0 Å². The van der Waals surface area contributed by atoms with Gasteiger partial charge in [0.1, 0.15) is 0 Å². The molecule has 0 aliphatic rings. The van der Waals surface area contributed by atoms with Crippen LogP contribution in [0.4, 0.5) is 11.6 Å². The van der Waals surface area contributed by atoms with E-state index in [9.17, 15) is 4.79 Å². The number of carbonyl (C=O) groups is 1. The van der Waals surface area contributed by atoms with Crippen LogP contribution < -0.4 is 10.6 Å². The summed E-state index contributed by atoms with van der Waals surface area (Å²) in [5.74, 6) is 0.750. The van der Waals surface area contributed by atoms with Crippen molar-refractivity contribution in [3.63, 3.8) is 0 Å². The van der Waals surface area contributed by atoms with Crippen molar-refractivity contribution in [2.75, 3.05) is 31.5 Å². The first kappa shape index (κ1) is 23.9. The summed E-state index contributed by atoms with van der Waals surface area (Å²) in [6.07, 6.45) is 1.61. The lowest BCUT2D eigenvalue weighted by molar-refractivity contribution is 0.0949. The first-order chi connectivity index (χ1) is 18.1. The molecule has 1 amide bonds. The standard InChI is InChI=1S/C24H26N12O/c1-3-35(4-2)13-12-25-23(37)16-8-10-18(11-9-16)27-24-26-15-20-22(28-24)36(34-29-20)19-7-5-6-17(14-19)21-30-32-33-31-21/h5-11,14-15H,3-4,12-13H2,1-2H3,(H,25,37)(H,26,27,28)(H,30,31,32,33). The number of H-pyrrole nitrogens is 1. The van der Waals surface area contributed by atoms with Crippen molar-refractivity contribution >= 4 is 28.7 Å². The highest BCUT2D eigenvalue weighted by Crippen LogP contribution is 2.21. The van der Waals surface area contributed by atoms with Crippen LogP contribution in [0.25, 0.3) is 28.2 Å². The van der Waals surface area contributed by atoms with E-state index in [1.165, 1.54) is 0 Å². The lowest BCUT2D eigenvalue weighted by Crippen LogP contribution is -2.34. The summed E-state index contributed by atoms with van der Waals surface area (Å²) < 4.78 is 1.62. The molecule has 37 heavy (non-hydrogen) atoms. The van der Waals surface area contributed by atoms with E-state index in [1.807, 2.05) is 36.4 Å². The first-order valence-electron chi connectivity index (χ1n) is 11.9. The molecule has 3 aromatic heterocycles. The zero-order chi connectivity index (χ0) is 25.6. The number of benzene rings is 2. The second-order valence-electron chi connectivity index (χ2n) is 8.17. The maximum atomic E-state index is 12.5. The third-order valence-corrected chi connectivity index (χ3v) is 5.90. The predicted octanol–water partition coefficient (Wildman–Crippen LogP) is 2.21. The number of nitrogens with one attached hydrogen (secondary N) is 3. The van der Waals surface area contributed by atoms with Crippen molar-refractivity contribution in [2.24, 2.45) is 0 Å². The van der Waals surface area contributed by atoms with Crippen molar-refractivity contribution in [2.45, 2.75) is 13.8 Å². The summed E-state index contributed by atoms with van der Waals surface area (Å²) in [5, 5.41) is 28.7. The van der Waals surface area contributed by atoms with Crippen LogP contribution in [-0.4, -0.2) is 82.6 Å². The minimum absolute atomic E-state index is 0.102. The van der Waals surface area contributed by atoms with Gasteiger partial charge in [0.15, 0.2) is 11.2 Å². The van der Waals surface area contributed by atoms with E-state index < -0.39 is 0 Å². The molecule has 0 bridgehead atoms. The molecule has 13 nitrogen and oxygen atoms in total. The van der Waals surface area contributed by atoms with Gasteiger partial charge in [0.05, 0.1) is 11.9 Å². The highest BCUT2D eigenvalue weighted by Gasteiger charge is 2.13. The van der Waals surface area contributed by atoms with Gasteiger partial charge < -0.3 is 15.5 Å². The third kappa shape index (κ3) is 5.41. The number of hydrogen-bond donors (Lipinski definition) is 3. The van der Waals surface area contributed by atoms with Crippen LogP contribution >= 0.6 is 0 Å². The van der Waals surface area contributed by atoms with E-state index in [4.69, 9.17) is 0 Å². The fraction of sp³-hybridized carbons (Fsp3) is 0.250. The van der Waals surface area contributed by atoms with Gasteiger partial charge in [-0.05, 0) is 54.7 Å². The van der Waals surface area contributed by atoms with E-state index >= 15 is 0 Å². The van der Waals surface area contributed by atoms with E-state index in [0.717, 1.165) is 36.6 Å². The topological polar surface area (TPSA) is 155 Å². The molecular formula is C24H26N12O. The molecule has 3 heterocycles. The molecular weight excluding hydrogens is 472 g/mol. The Morgan fingerprint density at radius 1 is 1.08 bits per heavy atom. The summed E-state index contributed by atoms with van der Waals surface area (Å²) in [6.45, 7) is 7.57. The number of nitrogens with zero attached hydrogens (tertiary/aromatic N) is 9. The number of likely N-dealkylation sites (N-methyl/N-ethyl adjacent to an activating group) is 1. The van der Waals surface area contributed by atoms with Gasteiger partial charge >= 0.3 is 0 Å². The van der Waals surface area contributed by atoms with E-state index in [1.54, 1.807) is 23.0 Å². The Morgan fingerprint density at radius 3 is 2.68 bits per heavy atom. The smallest absolute Gasteiger partial charge is 0.251 e. The zero-order valence-corrected chi connectivity index (χ0v) is 20.5. The van der Waals surface area contributed by atoms with Crippen LogP contribution in [0, 0.1) is 0 Å². The molecule has 0 unspecified atom stereocenters. The average molecular weight is 499 g/mol. The Balaban J connectivity index is 1.29. The van der Waals surface area contributed by atoms with Crippen molar-refractivity contribution in [3.05, 3.63) is 60.3 Å². The number of tetrazole rings is 1.